The molecule has 0 radical (unpaired) electrons. The summed E-state index contributed by atoms with van der Waals surface area (Å²) in [6.07, 6.45) is 7.34. The number of fused-ring (bicyclic) bond motifs is 1. The van der Waals surface area contributed by atoms with Crippen LogP contribution in [0.2, 0.25) is 0 Å². The van der Waals surface area contributed by atoms with Crippen molar-refractivity contribution >= 4 is 22.8 Å². The highest BCUT2D eigenvalue weighted by Crippen LogP contribution is 2.31. The zero-order chi connectivity index (χ0) is 16.5. The van der Waals surface area contributed by atoms with Crippen molar-refractivity contribution < 1.29 is 9.59 Å². The topological polar surface area (TPSA) is 69.3 Å². The monoisotopic (exact) mass is 326 g/mol. The third-order valence-corrected chi connectivity index (χ3v) is 5.19. The summed E-state index contributed by atoms with van der Waals surface area (Å²) in [5, 5.41) is 1.14. The van der Waals surface area contributed by atoms with Crippen LogP contribution >= 0.6 is 0 Å². The second-order valence-corrected chi connectivity index (χ2v) is 6.74. The molecule has 0 aromatic carbocycles. The maximum Gasteiger partial charge on any atom is 0.242 e. The SMILES string of the molecule is O=C1CCCN1CC(=O)N1CCCC(c2c[nH]c3ncccc23)C1. The van der Waals surface area contributed by atoms with Gasteiger partial charge in [0.25, 0.3) is 0 Å². The number of pyridine rings is 1. The number of amides is 2. The highest BCUT2D eigenvalue weighted by molar-refractivity contribution is 5.86. The number of piperidine rings is 1. The number of hydrogen-bond acceptors (Lipinski definition) is 3. The van der Waals surface area contributed by atoms with Crippen molar-refractivity contribution in [3.05, 3.63) is 30.1 Å². The van der Waals surface area contributed by atoms with Gasteiger partial charge in [0.05, 0.1) is 6.54 Å². The minimum atomic E-state index is 0.0768. The van der Waals surface area contributed by atoms with Gasteiger partial charge < -0.3 is 14.8 Å². The molecule has 4 rings (SSSR count). The number of H-pyrrole nitrogens is 1. The van der Waals surface area contributed by atoms with Gasteiger partial charge in [-0.15, -0.1) is 0 Å². The van der Waals surface area contributed by atoms with E-state index in [2.05, 4.69) is 16.0 Å². The molecule has 2 aliphatic rings. The molecule has 2 aliphatic heterocycles. The Hall–Kier alpha value is -2.37. The summed E-state index contributed by atoms with van der Waals surface area (Å²) in [4.78, 5) is 35.5. The minimum absolute atomic E-state index is 0.0768. The van der Waals surface area contributed by atoms with Gasteiger partial charge in [0.1, 0.15) is 5.65 Å². The first kappa shape index (κ1) is 15.2. The summed E-state index contributed by atoms with van der Waals surface area (Å²) in [6.45, 7) is 2.47. The Labute approximate surface area is 140 Å². The van der Waals surface area contributed by atoms with E-state index in [1.54, 1.807) is 11.1 Å². The molecule has 2 amide bonds. The van der Waals surface area contributed by atoms with E-state index in [1.165, 1.54) is 5.56 Å². The van der Waals surface area contributed by atoms with Crippen LogP contribution in [-0.4, -0.2) is 57.8 Å². The second-order valence-electron chi connectivity index (χ2n) is 6.74. The summed E-state index contributed by atoms with van der Waals surface area (Å²) in [5.74, 6) is 0.516. The number of nitrogens with one attached hydrogen (secondary N) is 1. The molecule has 1 unspecified atom stereocenters. The van der Waals surface area contributed by atoms with Crippen molar-refractivity contribution in [3.63, 3.8) is 0 Å². The first-order valence-electron chi connectivity index (χ1n) is 8.70. The molecular weight excluding hydrogens is 304 g/mol. The van der Waals surface area contributed by atoms with Gasteiger partial charge in [-0.3, -0.25) is 9.59 Å². The first-order valence-corrected chi connectivity index (χ1v) is 8.70. The van der Waals surface area contributed by atoms with Crippen LogP contribution in [0, 0.1) is 0 Å². The summed E-state index contributed by atoms with van der Waals surface area (Å²) in [5.41, 5.74) is 2.14. The predicted molar refractivity (Wildman–Crippen MR) is 90.5 cm³/mol. The maximum atomic E-state index is 12.6. The molecule has 0 bridgehead atoms. The minimum Gasteiger partial charge on any atom is -0.346 e. The second kappa shape index (κ2) is 6.26. The van der Waals surface area contributed by atoms with Crippen molar-refractivity contribution in [3.8, 4) is 0 Å². The lowest BCUT2D eigenvalue weighted by Crippen LogP contribution is -2.44. The molecule has 1 N–H and O–H groups in total. The number of hydrogen-bond donors (Lipinski definition) is 1. The van der Waals surface area contributed by atoms with E-state index in [4.69, 9.17) is 0 Å². The molecule has 2 aromatic rings. The number of likely N-dealkylation sites (tertiary alicyclic amines) is 2. The third kappa shape index (κ3) is 2.77. The maximum absolute atomic E-state index is 12.6. The Morgan fingerprint density at radius 3 is 3.08 bits per heavy atom. The molecular formula is C18H22N4O2. The molecule has 4 heterocycles. The zero-order valence-corrected chi connectivity index (χ0v) is 13.7. The van der Waals surface area contributed by atoms with Gasteiger partial charge in [0.15, 0.2) is 0 Å². The lowest BCUT2D eigenvalue weighted by atomic mass is 9.90. The number of carbonyl (C=O) groups excluding carboxylic acids is 2. The fraction of sp³-hybridized carbons (Fsp3) is 0.500. The molecule has 2 saturated heterocycles. The standard InChI is InChI=1S/C18H22N4O2/c23-16-6-3-9-22(16)12-17(24)21-8-2-4-13(11-21)15-10-20-18-14(15)5-1-7-19-18/h1,5,7,10,13H,2-4,6,8-9,11-12H2,(H,19,20). The van der Waals surface area contributed by atoms with Gasteiger partial charge in [-0.1, -0.05) is 0 Å². The first-order chi connectivity index (χ1) is 11.7. The van der Waals surface area contributed by atoms with Gasteiger partial charge in [0, 0.05) is 49.8 Å². The van der Waals surface area contributed by atoms with Crippen LogP contribution in [0.25, 0.3) is 11.0 Å². The average molecular weight is 326 g/mol. The van der Waals surface area contributed by atoms with Crippen molar-refractivity contribution in [1.82, 2.24) is 19.8 Å². The van der Waals surface area contributed by atoms with Gasteiger partial charge >= 0.3 is 0 Å². The molecule has 2 aromatic heterocycles. The summed E-state index contributed by atoms with van der Waals surface area (Å²) in [7, 11) is 0. The Balaban J connectivity index is 1.47. The van der Waals surface area contributed by atoms with E-state index in [-0.39, 0.29) is 18.4 Å². The molecule has 6 heteroatoms. The zero-order valence-electron chi connectivity index (χ0n) is 13.7. The van der Waals surface area contributed by atoms with Crippen LogP contribution in [0.4, 0.5) is 0 Å². The molecule has 2 fully saturated rings. The van der Waals surface area contributed by atoms with Crippen LogP contribution in [0.15, 0.2) is 24.5 Å². The van der Waals surface area contributed by atoms with Crippen molar-refractivity contribution in [2.24, 2.45) is 0 Å². The number of rotatable bonds is 3. The van der Waals surface area contributed by atoms with E-state index in [0.29, 0.717) is 12.3 Å². The van der Waals surface area contributed by atoms with E-state index in [0.717, 1.165) is 49.9 Å². The van der Waals surface area contributed by atoms with Crippen molar-refractivity contribution in [2.75, 3.05) is 26.2 Å². The van der Waals surface area contributed by atoms with Gasteiger partial charge in [0.2, 0.25) is 11.8 Å². The Bertz CT molecular complexity index is 769. The van der Waals surface area contributed by atoms with E-state index in [1.807, 2.05) is 17.2 Å². The summed E-state index contributed by atoms with van der Waals surface area (Å²) >= 11 is 0. The Morgan fingerprint density at radius 1 is 1.33 bits per heavy atom. The fourth-order valence-corrected chi connectivity index (χ4v) is 3.91. The molecule has 0 saturated carbocycles. The Morgan fingerprint density at radius 2 is 2.25 bits per heavy atom. The van der Waals surface area contributed by atoms with Crippen LogP contribution < -0.4 is 0 Å². The molecule has 0 spiro atoms. The lowest BCUT2D eigenvalue weighted by molar-refractivity contribution is -0.139. The molecule has 0 aliphatic carbocycles. The number of aromatic amines is 1. The van der Waals surface area contributed by atoms with E-state index >= 15 is 0 Å². The van der Waals surface area contributed by atoms with Gasteiger partial charge in [-0.2, -0.15) is 0 Å². The van der Waals surface area contributed by atoms with Gasteiger partial charge in [-0.25, -0.2) is 4.98 Å². The number of aromatic nitrogens is 2. The smallest absolute Gasteiger partial charge is 0.242 e. The average Bonchev–Trinajstić information content (AvgIpc) is 3.21. The normalized spacial score (nSPS) is 21.7. The van der Waals surface area contributed by atoms with Gasteiger partial charge in [-0.05, 0) is 37.0 Å². The van der Waals surface area contributed by atoms with Crippen LogP contribution in [-0.2, 0) is 9.59 Å². The number of nitrogens with zero attached hydrogens (tertiary/aromatic N) is 3. The molecule has 126 valence electrons. The summed E-state index contributed by atoms with van der Waals surface area (Å²) < 4.78 is 0. The van der Waals surface area contributed by atoms with Crippen molar-refractivity contribution in [1.29, 1.82) is 0 Å². The quantitative estimate of drug-likeness (QED) is 0.936. The molecule has 6 nitrogen and oxygen atoms in total. The number of carbonyl (C=O) groups is 2. The highest BCUT2D eigenvalue weighted by atomic mass is 16.2. The van der Waals surface area contributed by atoms with E-state index < -0.39 is 0 Å². The van der Waals surface area contributed by atoms with Crippen LogP contribution in [0.1, 0.15) is 37.2 Å². The molecule has 1 atom stereocenters. The predicted octanol–water partition coefficient (Wildman–Crippen LogP) is 1.89. The summed E-state index contributed by atoms with van der Waals surface area (Å²) in [6, 6.07) is 4.03. The van der Waals surface area contributed by atoms with Crippen LogP contribution in [0.3, 0.4) is 0 Å². The fourth-order valence-electron chi connectivity index (χ4n) is 3.91. The highest BCUT2D eigenvalue weighted by Gasteiger charge is 2.29. The lowest BCUT2D eigenvalue weighted by Gasteiger charge is -2.33. The van der Waals surface area contributed by atoms with Crippen molar-refractivity contribution in [2.45, 2.75) is 31.6 Å². The van der Waals surface area contributed by atoms with E-state index in [9.17, 15) is 9.59 Å². The third-order valence-electron chi connectivity index (χ3n) is 5.19. The molecule has 24 heavy (non-hydrogen) atoms. The Kier molecular flexibility index (Phi) is 3.96. The largest absolute Gasteiger partial charge is 0.346 e. The van der Waals surface area contributed by atoms with Crippen LogP contribution in [0.5, 0.6) is 0 Å².